The van der Waals surface area contributed by atoms with Crippen molar-refractivity contribution in [1.29, 1.82) is 0 Å². The second kappa shape index (κ2) is 6.62. The third-order valence-electron chi connectivity index (χ3n) is 5.53. The molecule has 0 unspecified atom stereocenters. The number of pyridine rings is 2. The van der Waals surface area contributed by atoms with Crippen LogP contribution in [0.4, 0.5) is 15.9 Å². The number of carbonyl (C=O) groups is 1. The minimum atomic E-state index is -1.12. The Bertz CT molecular complexity index is 1220. The Labute approximate surface area is 166 Å². The van der Waals surface area contributed by atoms with E-state index in [1.165, 1.54) is 0 Å². The highest BCUT2D eigenvalue weighted by Gasteiger charge is 2.41. The normalized spacial score (nSPS) is 21.2. The molecule has 7 heteroatoms. The van der Waals surface area contributed by atoms with E-state index in [2.05, 4.69) is 25.5 Å². The molecule has 0 amide bonds. The molecule has 0 spiro atoms. The van der Waals surface area contributed by atoms with Crippen molar-refractivity contribution in [2.75, 3.05) is 5.32 Å². The number of nitrogens with zero attached hydrogens (tertiary/aromatic N) is 3. The Kier molecular flexibility index (Phi) is 4.04. The zero-order chi connectivity index (χ0) is 20.0. The molecule has 0 bridgehead atoms. The summed E-state index contributed by atoms with van der Waals surface area (Å²) in [5.74, 6) is 0.845. The number of benzene rings is 1. The Morgan fingerprint density at radius 2 is 2.07 bits per heavy atom. The van der Waals surface area contributed by atoms with Gasteiger partial charge in [0.1, 0.15) is 17.2 Å². The summed E-state index contributed by atoms with van der Waals surface area (Å²) >= 11 is 0. The quantitative estimate of drug-likeness (QED) is 0.471. The highest BCUT2D eigenvalue weighted by Crippen LogP contribution is 2.43. The van der Waals surface area contributed by atoms with Crippen LogP contribution in [-0.4, -0.2) is 31.6 Å². The number of carbonyl (C=O) groups excluding carboxylic acids is 1. The van der Waals surface area contributed by atoms with Crippen LogP contribution < -0.4 is 5.32 Å². The maximum absolute atomic E-state index is 13.7. The molecule has 4 aromatic rings. The van der Waals surface area contributed by atoms with Gasteiger partial charge in [-0.15, -0.1) is 0 Å². The molecule has 3 aromatic heterocycles. The molecular weight excluding hydrogens is 369 g/mol. The van der Waals surface area contributed by atoms with E-state index in [0.29, 0.717) is 30.6 Å². The molecule has 1 fully saturated rings. The molecule has 0 aliphatic heterocycles. The number of alkyl halides is 1. The van der Waals surface area contributed by atoms with Gasteiger partial charge >= 0.3 is 0 Å². The molecule has 1 saturated carbocycles. The van der Waals surface area contributed by atoms with Gasteiger partial charge in [0.05, 0.1) is 5.39 Å². The largest absolute Gasteiger partial charge is 0.340 e. The van der Waals surface area contributed by atoms with Crippen LogP contribution in [0.2, 0.25) is 0 Å². The first-order valence-electron chi connectivity index (χ1n) is 9.65. The maximum atomic E-state index is 13.7. The average Bonchev–Trinajstić information content (AvgIpc) is 3.09. The lowest BCUT2D eigenvalue weighted by Crippen LogP contribution is -2.37. The summed E-state index contributed by atoms with van der Waals surface area (Å²) < 4.78 is 13.7. The first-order chi connectivity index (χ1) is 14.0. The smallest absolute Gasteiger partial charge is 0.183 e. The maximum Gasteiger partial charge on any atom is 0.183 e. The van der Waals surface area contributed by atoms with E-state index in [1.807, 2.05) is 36.4 Å². The molecule has 5 rings (SSSR count). The number of aromatic nitrogens is 4. The van der Waals surface area contributed by atoms with Gasteiger partial charge in [0.15, 0.2) is 11.4 Å². The van der Waals surface area contributed by atoms with Gasteiger partial charge < -0.3 is 5.32 Å². The summed E-state index contributed by atoms with van der Waals surface area (Å²) in [5, 5.41) is 13.1. The van der Waals surface area contributed by atoms with Crippen LogP contribution in [0.15, 0.2) is 48.8 Å². The summed E-state index contributed by atoms with van der Waals surface area (Å²) in [4.78, 5) is 21.3. The molecule has 0 radical (unpaired) electrons. The molecule has 6 nitrogen and oxygen atoms in total. The zero-order valence-corrected chi connectivity index (χ0v) is 15.9. The van der Waals surface area contributed by atoms with E-state index < -0.39 is 5.67 Å². The summed E-state index contributed by atoms with van der Waals surface area (Å²) in [5.41, 5.74) is 0.846. The van der Waals surface area contributed by atoms with Gasteiger partial charge in [-0.25, -0.2) is 9.37 Å². The molecule has 0 atom stereocenters. The van der Waals surface area contributed by atoms with E-state index in [1.54, 1.807) is 19.3 Å². The van der Waals surface area contributed by atoms with Gasteiger partial charge in [0, 0.05) is 29.9 Å². The van der Waals surface area contributed by atoms with Crippen molar-refractivity contribution in [3.05, 3.63) is 54.5 Å². The Hall–Kier alpha value is -3.35. The van der Waals surface area contributed by atoms with Crippen molar-refractivity contribution >= 4 is 39.1 Å². The number of hydrogen-bond acceptors (Lipinski definition) is 5. The number of ketones is 1. The number of halogens is 1. The van der Waals surface area contributed by atoms with Crippen molar-refractivity contribution in [1.82, 2.24) is 20.2 Å². The van der Waals surface area contributed by atoms with E-state index in [9.17, 15) is 9.18 Å². The molecular formula is C22H20FN5O. The number of nitrogens with one attached hydrogen (secondary N) is 2. The van der Waals surface area contributed by atoms with Gasteiger partial charge in [-0.05, 0) is 61.4 Å². The van der Waals surface area contributed by atoms with Crippen LogP contribution in [0.3, 0.4) is 0 Å². The predicted molar refractivity (Wildman–Crippen MR) is 110 cm³/mol. The SMILES string of the molecule is CC1(F)CC(CC(=O)c2nccc3cc(Nc4[nH]nc5ncccc45)ccc23)C1. The van der Waals surface area contributed by atoms with Crippen molar-refractivity contribution in [3.8, 4) is 0 Å². The lowest BCUT2D eigenvalue weighted by Gasteiger charge is -2.38. The van der Waals surface area contributed by atoms with Crippen molar-refractivity contribution in [2.24, 2.45) is 5.92 Å². The van der Waals surface area contributed by atoms with E-state index >= 15 is 0 Å². The van der Waals surface area contributed by atoms with Crippen molar-refractivity contribution in [2.45, 2.75) is 31.9 Å². The molecule has 0 saturated heterocycles. The van der Waals surface area contributed by atoms with Crippen LogP contribution in [-0.2, 0) is 0 Å². The van der Waals surface area contributed by atoms with Crippen LogP contribution in [0.25, 0.3) is 21.8 Å². The topological polar surface area (TPSA) is 83.6 Å². The summed E-state index contributed by atoms with van der Waals surface area (Å²) in [6, 6.07) is 11.5. The Morgan fingerprint density at radius 3 is 2.90 bits per heavy atom. The van der Waals surface area contributed by atoms with Crippen LogP contribution in [0, 0.1) is 5.92 Å². The number of anilines is 2. The average molecular weight is 389 g/mol. The molecule has 2 N–H and O–H groups in total. The molecule has 1 aromatic carbocycles. The number of aromatic amines is 1. The van der Waals surface area contributed by atoms with Crippen molar-refractivity contribution in [3.63, 3.8) is 0 Å². The minimum Gasteiger partial charge on any atom is -0.340 e. The van der Waals surface area contributed by atoms with Gasteiger partial charge in [-0.1, -0.05) is 6.07 Å². The van der Waals surface area contributed by atoms with Crippen molar-refractivity contribution < 1.29 is 9.18 Å². The summed E-state index contributed by atoms with van der Waals surface area (Å²) in [7, 11) is 0. The van der Waals surface area contributed by atoms with Gasteiger partial charge in [0.25, 0.3) is 0 Å². The van der Waals surface area contributed by atoms with Gasteiger partial charge in [-0.3, -0.25) is 14.9 Å². The summed E-state index contributed by atoms with van der Waals surface area (Å²) in [6.07, 6.45) is 4.59. The molecule has 1 aliphatic carbocycles. The highest BCUT2D eigenvalue weighted by molar-refractivity contribution is 6.07. The number of rotatable bonds is 5. The van der Waals surface area contributed by atoms with E-state index in [-0.39, 0.29) is 11.7 Å². The highest BCUT2D eigenvalue weighted by atomic mass is 19.1. The van der Waals surface area contributed by atoms with Crippen LogP contribution in [0.5, 0.6) is 0 Å². The molecule has 1 aliphatic rings. The number of Topliss-reactive ketones (excluding diaryl/α,β-unsaturated/α-hetero) is 1. The summed E-state index contributed by atoms with van der Waals surface area (Å²) in [6.45, 7) is 1.59. The Balaban J connectivity index is 1.40. The monoisotopic (exact) mass is 389 g/mol. The molecule has 146 valence electrons. The molecule has 3 heterocycles. The number of H-pyrrole nitrogens is 1. The minimum absolute atomic E-state index is 0.0255. The van der Waals surface area contributed by atoms with Gasteiger partial charge in [-0.2, -0.15) is 5.10 Å². The lowest BCUT2D eigenvalue weighted by molar-refractivity contribution is 0.0221. The third-order valence-corrected chi connectivity index (χ3v) is 5.53. The zero-order valence-electron chi connectivity index (χ0n) is 15.9. The number of fused-ring (bicyclic) bond motifs is 2. The van der Waals surface area contributed by atoms with Crippen LogP contribution >= 0.6 is 0 Å². The first kappa shape index (κ1) is 17.7. The second-order valence-electron chi connectivity index (χ2n) is 8.01. The fourth-order valence-electron chi connectivity index (χ4n) is 4.22. The fourth-order valence-corrected chi connectivity index (χ4v) is 4.22. The number of hydrogen-bond donors (Lipinski definition) is 2. The third kappa shape index (κ3) is 3.33. The van der Waals surface area contributed by atoms with E-state index in [0.717, 1.165) is 27.7 Å². The standard InChI is InChI=1S/C22H20FN5O/c1-22(23)11-13(12-22)9-18(29)19-16-5-4-15(10-14(16)6-8-24-19)26-21-17-3-2-7-25-20(17)27-28-21/h2-8,10,13H,9,11-12H2,1H3,(H2,25,26,27,28). The predicted octanol–water partition coefficient (Wildman–Crippen LogP) is 4.96. The lowest BCUT2D eigenvalue weighted by atomic mass is 9.71. The Morgan fingerprint density at radius 1 is 1.21 bits per heavy atom. The molecule has 29 heavy (non-hydrogen) atoms. The van der Waals surface area contributed by atoms with Crippen LogP contribution in [0.1, 0.15) is 36.7 Å². The van der Waals surface area contributed by atoms with Gasteiger partial charge in [0.2, 0.25) is 0 Å². The second-order valence-corrected chi connectivity index (χ2v) is 8.01. The first-order valence-corrected chi connectivity index (χ1v) is 9.65. The fraction of sp³-hybridized carbons (Fsp3) is 0.273. The van der Waals surface area contributed by atoms with E-state index in [4.69, 9.17) is 0 Å².